The monoisotopic (exact) mass is 703 g/mol. The Bertz CT molecular complexity index is 2340. The van der Waals surface area contributed by atoms with Gasteiger partial charge in [-0.1, -0.05) is 48.5 Å². The molecule has 52 heavy (non-hydrogen) atoms. The lowest BCUT2D eigenvalue weighted by molar-refractivity contribution is -0.137. The van der Waals surface area contributed by atoms with E-state index < -0.39 is 29.3 Å². The van der Waals surface area contributed by atoms with E-state index in [0.29, 0.717) is 27.7 Å². The van der Waals surface area contributed by atoms with E-state index in [1.807, 2.05) is 6.07 Å². The van der Waals surface area contributed by atoms with Crippen molar-refractivity contribution >= 4 is 56.9 Å². The van der Waals surface area contributed by atoms with Crippen LogP contribution in [-0.4, -0.2) is 35.0 Å². The number of alkyl halides is 3. The van der Waals surface area contributed by atoms with E-state index in [4.69, 9.17) is 4.74 Å². The van der Waals surface area contributed by atoms with Gasteiger partial charge >= 0.3 is 6.18 Å². The van der Waals surface area contributed by atoms with Crippen LogP contribution in [0.25, 0.3) is 10.8 Å². The van der Waals surface area contributed by atoms with Gasteiger partial charge in [0.05, 0.1) is 23.9 Å². The van der Waals surface area contributed by atoms with Crippen molar-refractivity contribution < 1.29 is 37.7 Å². The first-order valence-electron chi connectivity index (χ1n) is 15.6. The minimum absolute atomic E-state index is 0.0310. The van der Waals surface area contributed by atoms with Gasteiger partial charge in [0.1, 0.15) is 17.1 Å². The predicted molar refractivity (Wildman–Crippen MR) is 192 cm³/mol. The average Bonchev–Trinajstić information content (AvgIpc) is 3.15. The topological polar surface area (TPSA) is 145 Å². The van der Waals surface area contributed by atoms with Crippen molar-refractivity contribution in [3.63, 3.8) is 0 Å². The number of anilines is 2. The van der Waals surface area contributed by atoms with Crippen LogP contribution in [0, 0.1) is 0 Å². The van der Waals surface area contributed by atoms with E-state index in [0.717, 1.165) is 12.1 Å². The minimum atomic E-state index is -4.59. The molecule has 0 bridgehead atoms. The summed E-state index contributed by atoms with van der Waals surface area (Å²) in [4.78, 5) is 29.9. The van der Waals surface area contributed by atoms with Crippen LogP contribution in [0.4, 0.5) is 41.6 Å². The second kappa shape index (κ2) is 14.8. The zero-order valence-corrected chi connectivity index (χ0v) is 27.2. The summed E-state index contributed by atoms with van der Waals surface area (Å²) in [5.41, 5.74) is 0.414. The summed E-state index contributed by atoms with van der Waals surface area (Å²) in [6, 6.07) is 32.0. The Morgan fingerprint density at radius 3 is 2.08 bits per heavy atom. The van der Waals surface area contributed by atoms with Gasteiger partial charge in [-0.25, -0.2) is 4.99 Å². The lowest BCUT2D eigenvalue weighted by Gasteiger charge is -2.12. The van der Waals surface area contributed by atoms with Gasteiger partial charge in [-0.05, 0) is 84.2 Å². The molecular formula is C39H28F3N5O5. The number of phenols is 1. The summed E-state index contributed by atoms with van der Waals surface area (Å²) >= 11 is 0. The molecule has 0 fully saturated rings. The molecule has 0 saturated heterocycles. The molecule has 0 atom stereocenters. The van der Waals surface area contributed by atoms with E-state index in [-0.39, 0.29) is 39.8 Å². The molecule has 4 N–H and O–H groups in total. The largest absolute Gasteiger partial charge is 0.505 e. The van der Waals surface area contributed by atoms with Gasteiger partial charge in [-0.15, -0.1) is 10.2 Å². The number of carbonyl (C=O) groups excluding carboxylic acids is 2. The number of phenolic OH excluding ortho intramolecular Hbond substituents is 1. The summed E-state index contributed by atoms with van der Waals surface area (Å²) in [7, 11) is 1.38. The number of aliphatic hydroxyl groups excluding tert-OH is 1. The Labute approximate surface area is 294 Å². The third-order valence-electron chi connectivity index (χ3n) is 7.78. The van der Waals surface area contributed by atoms with Crippen molar-refractivity contribution in [2.24, 2.45) is 15.2 Å². The number of aromatic hydroxyl groups is 1. The zero-order valence-electron chi connectivity index (χ0n) is 27.2. The first-order chi connectivity index (χ1) is 25.0. The number of benzene rings is 6. The quantitative estimate of drug-likeness (QED) is 0.0673. The molecule has 10 nitrogen and oxygen atoms in total. The number of hydrogen-bond donors (Lipinski definition) is 4. The van der Waals surface area contributed by atoms with Crippen molar-refractivity contribution in [2.75, 3.05) is 17.7 Å². The van der Waals surface area contributed by atoms with Crippen LogP contribution < -0.4 is 15.4 Å². The highest BCUT2D eigenvalue weighted by Crippen LogP contribution is 2.41. The number of nitrogens with zero attached hydrogens (tertiary/aromatic N) is 3. The van der Waals surface area contributed by atoms with E-state index in [1.54, 1.807) is 72.8 Å². The summed E-state index contributed by atoms with van der Waals surface area (Å²) < 4.78 is 44.9. The van der Waals surface area contributed by atoms with Gasteiger partial charge in [0.2, 0.25) is 5.90 Å². The first kappa shape index (κ1) is 34.8. The molecule has 260 valence electrons. The third kappa shape index (κ3) is 7.89. The molecule has 0 radical (unpaired) electrons. The normalized spacial score (nSPS) is 11.8. The molecular weight excluding hydrogens is 675 g/mol. The molecule has 0 spiro atoms. The fraction of sp³-hybridized carbons (Fsp3) is 0.0513. The Morgan fingerprint density at radius 1 is 0.712 bits per heavy atom. The van der Waals surface area contributed by atoms with Crippen LogP contribution in [0.15, 0.2) is 143 Å². The van der Waals surface area contributed by atoms with Crippen molar-refractivity contribution in [3.05, 3.63) is 150 Å². The maximum absolute atomic E-state index is 13.5. The summed E-state index contributed by atoms with van der Waals surface area (Å²) in [5.74, 6) is -1.76. The summed E-state index contributed by atoms with van der Waals surface area (Å²) in [6.07, 6.45) is -4.59. The van der Waals surface area contributed by atoms with E-state index in [2.05, 4.69) is 25.9 Å². The fourth-order valence-electron chi connectivity index (χ4n) is 5.17. The molecule has 0 aliphatic heterocycles. The number of carbonyl (C=O) groups is 2. The second-order valence-corrected chi connectivity index (χ2v) is 11.3. The Morgan fingerprint density at radius 2 is 1.38 bits per heavy atom. The van der Waals surface area contributed by atoms with Crippen LogP contribution in [0.5, 0.6) is 11.5 Å². The second-order valence-electron chi connectivity index (χ2n) is 11.3. The summed E-state index contributed by atoms with van der Waals surface area (Å²) in [5, 5.41) is 37.2. The summed E-state index contributed by atoms with van der Waals surface area (Å²) in [6.45, 7) is 0. The Kier molecular flexibility index (Phi) is 9.94. The van der Waals surface area contributed by atoms with Gasteiger partial charge in [-0.3, -0.25) is 9.59 Å². The number of azo groups is 1. The number of hydrogen-bond acceptors (Lipinski definition) is 7. The van der Waals surface area contributed by atoms with E-state index in [1.165, 1.54) is 43.5 Å². The SMILES string of the molecule is COc1ccc(C(O)=Nc2cccc(C(F)(F)F)c2)cc1N=Nc1c(O)c(C(=O)Nc2ccc(NC(=O)c3ccccc3)cc2)cc2ccccc12. The van der Waals surface area contributed by atoms with Crippen molar-refractivity contribution in [1.82, 2.24) is 0 Å². The van der Waals surface area contributed by atoms with Crippen LogP contribution in [0.3, 0.4) is 0 Å². The van der Waals surface area contributed by atoms with E-state index in [9.17, 15) is 33.0 Å². The molecule has 6 rings (SSSR count). The van der Waals surface area contributed by atoms with Gasteiger partial charge in [0.25, 0.3) is 11.8 Å². The lowest BCUT2D eigenvalue weighted by Crippen LogP contribution is -2.13. The highest BCUT2D eigenvalue weighted by atomic mass is 19.4. The Hall–Kier alpha value is -7.02. The maximum Gasteiger partial charge on any atom is 0.416 e. The molecule has 0 aliphatic carbocycles. The number of aliphatic imine (C=N–C) groups is 1. The van der Waals surface area contributed by atoms with Crippen LogP contribution in [-0.2, 0) is 6.18 Å². The smallest absolute Gasteiger partial charge is 0.416 e. The number of methoxy groups -OCH3 is 1. The van der Waals surface area contributed by atoms with Gasteiger partial charge in [-0.2, -0.15) is 13.2 Å². The highest BCUT2D eigenvalue weighted by Gasteiger charge is 2.30. The first-order valence-corrected chi connectivity index (χ1v) is 15.6. The molecule has 2 amide bonds. The zero-order chi connectivity index (χ0) is 36.8. The highest BCUT2D eigenvalue weighted by molar-refractivity contribution is 6.12. The van der Waals surface area contributed by atoms with Gasteiger partial charge < -0.3 is 25.6 Å². The molecule has 6 aromatic carbocycles. The van der Waals surface area contributed by atoms with Crippen LogP contribution >= 0.6 is 0 Å². The number of rotatable bonds is 9. The van der Waals surface area contributed by atoms with Gasteiger partial charge in [0, 0.05) is 27.9 Å². The van der Waals surface area contributed by atoms with Gasteiger partial charge in [0.15, 0.2) is 5.75 Å². The number of ether oxygens (including phenoxy) is 1. The molecule has 6 aromatic rings. The van der Waals surface area contributed by atoms with Crippen LogP contribution in [0.1, 0.15) is 31.8 Å². The third-order valence-corrected chi connectivity index (χ3v) is 7.78. The number of amides is 2. The lowest BCUT2D eigenvalue weighted by atomic mass is 10.0. The maximum atomic E-state index is 13.5. The molecule has 0 heterocycles. The fourth-order valence-corrected chi connectivity index (χ4v) is 5.17. The number of halogens is 3. The van der Waals surface area contributed by atoms with E-state index >= 15 is 0 Å². The van der Waals surface area contributed by atoms with Crippen LogP contribution in [0.2, 0.25) is 0 Å². The molecule has 0 saturated carbocycles. The molecule has 0 aromatic heterocycles. The number of nitrogens with one attached hydrogen (secondary N) is 2. The molecule has 0 unspecified atom stereocenters. The van der Waals surface area contributed by atoms with Crippen molar-refractivity contribution in [2.45, 2.75) is 6.18 Å². The average molecular weight is 704 g/mol. The van der Waals surface area contributed by atoms with Crippen molar-refractivity contribution in [1.29, 1.82) is 0 Å². The number of aliphatic hydroxyl groups is 1. The number of fused-ring (bicyclic) bond motifs is 1. The standard InChI is InChI=1S/C39H28F3N5O5/c1-52-33-19-14-25(37(50)45-29-12-7-11-26(22-29)39(40,41)42)21-32(33)46-47-34-30-13-6-5-10-24(30)20-31(35(34)48)38(51)44-28-17-15-27(16-18-28)43-36(49)23-8-3-2-4-9-23/h2-22,48H,1H3,(H,43,49)(H,44,51)(H,45,50). The molecule has 0 aliphatic rings. The predicted octanol–water partition coefficient (Wildman–Crippen LogP) is 10.1. The molecule has 13 heteroatoms. The van der Waals surface area contributed by atoms with Crippen molar-refractivity contribution in [3.8, 4) is 11.5 Å². The minimum Gasteiger partial charge on any atom is -0.505 e. The Balaban J connectivity index is 1.27.